The number of aryl methyl sites for hydroxylation is 1. The summed E-state index contributed by atoms with van der Waals surface area (Å²) in [5.74, 6) is -0.0473. The topological polar surface area (TPSA) is 47.8 Å². The molecule has 0 saturated carbocycles. The minimum atomic E-state index is -0.0473. The van der Waals surface area contributed by atoms with E-state index in [9.17, 15) is 4.79 Å². The van der Waals surface area contributed by atoms with E-state index < -0.39 is 0 Å². The van der Waals surface area contributed by atoms with E-state index >= 15 is 0 Å². The second kappa shape index (κ2) is 5.85. The standard InChI is InChI=1S/C16H13N3OS/c1-12-16(21-11-17-12)8-7-15(20)13-5-2-3-6-14(13)19-10-4-9-18-19/h2-11H,1H3/b8-7+. The number of allylic oxidation sites excluding steroid dienone is 1. The molecule has 0 spiro atoms. The van der Waals surface area contributed by atoms with Gasteiger partial charge in [0.05, 0.1) is 16.9 Å². The molecule has 3 aromatic rings. The van der Waals surface area contributed by atoms with Crippen LogP contribution in [0.25, 0.3) is 11.8 Å². The van der Waals surface area contributed by atoms with Gasteiger partial charge in [0.15, 0.2) is 5.78 Å². The number of hydrogen-bond donors (Lipinski definition) is 0. The van der Waals surface area contributed by atoms with Gasteiger partial charge in [-0.05, 0) is 37.3 Å². The summed E-state index contributed by atoms with van der Waals surface area (Å²) >= 11 is 1.52. The number of rotatable bonds is 4. The van der Waals surface area contributed by atoms with Crippen molar-refractivity contribution in [2.45, 2.75) is 6.92 Å². The lowest BCUT2D eigenvalue weighted by molar-refractivity contribution is 0.104. The Morgan fingerprint density at radius 1 is 1.29 bits per heavy atom. The molecule has 5 heteroatoms. The summed E-state index contributed by atoms with van der Waals surface area (Å²) in [7, 11) is 0. The number of carbonyl (C=O) groups is 1. The molecule has 0 aliphatic rings. The Morgan fingerprint density at radius 3 is 2.86 bits per heavy atom. The van der Waals surface area contributed by atoms with Crippen molar-refractivity contribution in [2.24, 2.45) is 0 Å². The van der Waals surface area contributed by atoms with Crippen LogP contribution in [-0.4, -0.2) is 20.5 Å². The van der Waals surface area contributed by atoms with Crippen LogP contribution in [0.2, 0.25) is 0 Å². The first-order valence-corrected chi connectivity index (χ1v) is 7.35. The Bertz CT molecular complexity index is 787. The van der Waals surface area contributed by atoms with Crippen LogP contribution in [0.3, 0.4) is 0 Å². The van der Waals surface area contributed by atoms with Crippen LogP contribution in [0.1, 0.15) is 20.9 Å². The minimum Gasteiger partial charge on any atom is -0.289 e. The molecule has 0 radical (unpaired) electrons. The fourth-order valence-electron chi connectivity index (χ4n) is 2.01. The fourth-order valence-corrected chi connectivity index (χ4v) is 2.70. The van der Waals surface area contributed by atoms with Crippen molar-refractivity contribution < 1.29 is 4.79 Å². The Kier molecular flexibility index (Phi) is 3.75. The zero-order valence-electron chi connectivity index (χ0n) is 11.4. The molecule has 0 aliphatic heterocycles. The van der Waals surface area contributed by atoms with Gasteiger partial charge < -0.3 is 0 Å². The Labute approximate surface area is 126 Å². The van der Waals surface area contributed by atoms with Crippen LogP contribution < -0.4 is 0 Å². The highest BCUT2D eigenvalue weighted by atomic mass is 32.1. The van der Waals surface area contributed by atoms with E-state index in [4.69, 9.17) is 0 Å². The molecule has 4 nitrogen and oxygen atoms in total. The predicted octanol–water partition coefficient (Wildman–Crippen LogP) is 3.53. The quantitative estimate of drug-likeness (QED) is 0.546. The van der Waals surface area contributed by atoms with E-state index in [-0.39, 0.29) is 5.78 Å². The zero-order valence-corrected chi connectivity index (χ0v) is 12.2. The van der Waals surface area contributed by atoms with Crippen molar-refractivity contribution in [1.29, 1.82) is 0 Å². The molecular formula is C16H13N3OS. The third-order valence-electron chi connectivity index (χ3n) is 3.09. The molecule has 1 aromatic carbocycles. The highest BCUT2D eigenvalue weighted by molar-refractivity contribution is 7.10. The van der Waals surface area contributed by atoms with Crippen molar-refractivity contribution in [3.8, 4) is 5.69 Å². The summed E-state index contributed by atoms with van der Waals surface area (Å²) in [4.78, 5) is 17.6. The van der Waals surface area contributed by atoms with Gasteiger partial charge in [-0.3, -0.25) is 4.79 Å². The molecule has 0 saturated heterocycles. The summed E-state index contributed by atoms with van der Waals surface area (Å²) < 4.78 is 1.69. The van der Waals surface area contributed by atoms with Gasteiger partial charge in [-0.2, -0.15) is 5.10 Å². The van der Waals surface area contributed by atoms with Crippen LogP contribution >= 0.6 is 11.3 Å². The Balaban J connectivity index is 1.92. The molecule has 21 heavy (non-hydrogen) atoms. The number of nitrogens with zero attached hydrogens (tertiary/aromatic N) is 3. The summed E-state index contributed by atoms with van der Waals surface area (Å²) in [5, 5.41) is 4.19. The molecule has 3 rings (SSSR count). The van der Waals surface area contributed by atoms with E-state index in [0.29, 0.717) is 5.56 Å². The van der Waals surface area contributed by atoms with Gasteiger partial charge >= 0.3 is 0 Å². The fraction of sp³-hybridized carbons (Fsp3) is 0.0625. The predicted molar refractivity (Wildman–Crippen MR) is 83.8 cm³/mol. The molecule has 2 aromatic heterocycles. The molecule has 0 amide bonds. The molecule has 0 N–H and O–H groups in total. The van der Waals surface area contributed by atoms with Crippen molar-refractivity contribution >= 4 is 23.2 Å². The second-order valence-electron chi connectivity index (χ2n) is 4.47. The summed E-state index contributed by atoms with van der Waals surface area (Å²) in [5.41, 5.74) is 4.11. The van der Waals surface area contributed by atoms with E-state index in [0.717, 1.165) is 16.3 Å². The maximum absolute atomic E-state index is 12.4. The average Bonchev–Trinajstić information content (AvgIpc) is 3.16. The van der Waals surface area contributed by atoms with Crippen LogP contribution in [0.5, 0.6) is 0 Å². The van der Waals surface area contributed by atoms with Crippen LogP contribution in [-0.2, 0) is 0 Å². The second-order valence-corrected chi connectivity index (χ2v) is 5.35. The first-order valence-electron chi connectivity index (χ1n) is 6.47. The van der Waals surface area contributed by atoms with Gasteiger partial charge in [-0.25, -0.2) is 9.67 Å². The van der Waals surface area contributed by atoms with Crippen LogP contribution in [0, 0.1) is 6.92 Å². The highest BCUT2D eigenvalue weighted by Gasteiger charge is 2.10. The number of benzene rings is 1. The summed E-state index contributed by atoms with van der Waals surface area (Å²) in [6, 6.07) is 9.27. The minimum absolute atomic E-state index is 0.0473. The number of ketones is 1. The molecule has 0 bridgehead atoms. The zero-order chi connectivity index (χ0) is 14.7. The Morgan fingerprint density at radius 2 is 2.14 bits per heavy atom. The lowest BCUT2D eigenvalue weighted by Gasteiger charge is -2.06. The third kappa shape index (κ3) is 2.83. The van der Waals surface area contributed by atoms with E-state index in [2.05, 4.69) is 10.1 Å². The largest absolute Gasteiger partial charge is 0.289 e. The lowest BCUT2D eigenvalue weighted by atomic mass is 10.1. The molecule has 0 unspecified atom stereocenters. The van der Waals surface area contributed by atoms with Crippen LogP contribution in [0.15, 0.2) is 54.3 Å². The third-order valence-corrected chi connectivity index (χ3v) is 3.99. The molecule has 2 heterocycles. The van der Waals surface area contributed by atoms with E-state index in [1.54, 1.807) is 22.5 Å². The number of aromatic nitrogens is 3. The van der Waals surface area contributed by atoms with E-state index in [1.165, 1.54) is 11.3 Å². The first kappa shape index (κ1) is 13.5. The number of carbonyl (C=O) groups excluding carboxylic acids is 1. The molecule has 0 aliphatic carbocycles. The van der Waals surface area contributed by atoms with Gasteiger partial charge in [0.1, 0.15) is 0 Å². The molecule has 0 atom stereocenters. The summed E-state index contributed by atoms with van der Waals surface area (Å²) in [6.07, 6.45) is 6.92. The van der Waals surface area contributed by atoms with Gasteiger partial charge in [-0.1, -0.05) is 12.1 Å². The van der Waals surface area contributed by atoms with Crippen LogP contribution in [0.4, 0.5) is 0 Å². The van der Waals surface area contributed by atoms with Crippen molar-refractivity contribution in [3.05, 3.63) is 70.4 Å². The normalized spacial score (nSPS) is 11.1. The van der Waals surface area contributed by atoms with Gasteiger partial charge in [0.2, 0.25) is 0 Å². The SMILES string of the molecule is Cc1ncsc1/C=C/C(=O)c1ccccc1-n1cccn1. The maximum Gasteiger partial charge on any atom is 0.188 e. The maximum atomic E-state index is 12.4. The van der Waals surface area contributed by atoms with Crippen molar-refractivity contribution in [2.75, 3.05) is 0 Å². The first-order chi connectivity index (χ1) is 10.3. The number of para-hydroxylation sites is 1. The van der Waals surface area contributed by atoms with Gasteiger partial charge in [-0.15, -0.1) is 11.3 Å². The average molecular weight is 295 g/mol. The smallest absolute Gasteiger partial charge is 0.188 e. The molecule has 104 valence electrons. The Hall–Kier alpha value is -2.53. The van der Waals surface area contributed by atoms with E-state index in [1.807, 2.05) is 49.5 Å². The van der Waals surface area contributed by atoms with Gasteiger partial charge in [0.25, 0.3) is 0 Å². The monoisotopic (exact) mass is 295 g/mol. The number of thiazole rings is 1. The highest BCUT2D eigenvalue weighted by Crippen LogP contribution is 2.17. The van der Waals surface area contributed by atoms with Crippen molar-refractivity contribution in [1.82, 2.24) is 14.8 Å². The van der Waals surface area contributed by atoms with Gasteiger partial charge in [0, 0.05) is 22.8 Å². The lowest BCUT2D eigenvalue weighted by Crippen LogP contribution is -2.04. The molecular weight excluding hydrogens is 282 g/mol. The number of hydrogen-bond acceptors (Lipinski definition) is 4. The molecule has 0 fully saturated rings. The summed E-state index contributed by atoms with van der Waals surface area (Å²) in [6.45, 7) is 1.93. The van der Waals surface area contributed by atoms with Crippen molar-refractivity contribution in [3.63, 3.8) is 0 Å².